The van der Waals surface area contributed by atoms with Gasteiger partial charge in [0.1, 0.15) is 6.61 Å². The number of halogens is 1. The van der Waals surface area contributed by atoms with Gasteiger partial charge in [0.25, 0.3) is 0 Å². The van der Waals surface area contributed by atoms with Crippen molar-refractivity contribution in [1.29, 1.82) is 0 Å². The molecule has 0 radical (unpaired) electrons. The zero-order valence-electron chi connectivity index (χ0n) is 8.45. The van der Waals surface area contributed by atoms with Crippen LogP contribution in [0, 0.1) is 0 Å². The number of hydrogen-bond donors (Lipinski definition) is 1. The number of alkyl halides is 1. The molecule has 0 aromatic rings. The van der Waals surface area contributed by atoms with Crippen molar-refractivity contribution in [3.63, 3.8) is 0 Å². The molecule has 0 amide bonds. The Hall–Kier alpha value is -0.590. The number of rotatable bonds is 7. The Balaban J connectivity index is 3.72. The average molecular weight is 256 g/mol. The second kappa shape index (κ2) is 6.81. The van der Waals surface area contributed by atoms with Crippen molar-refractivity contribution in [2.75, 3.05) is 24.8 Å². The largest absolute Gasteiger partial charge is 0.461 e. The van der Waals surface area contributed by atoms with Crippen molar-refractivity contribution in [2.45, 2.75) is 6.92 Å². The third-order valence-corrected chi connectivity index (χ3v) is 3.15. The minimum atomic E-state index is -3.35. The number of carbonyl (C=O) groups excluding carboxylic acids is 1. The summed E-state index contributed by atoms with van der Waals surface area (Å²) < 4.78 is 29.0. The van der Waals surface area contributed by atoms with Gasteiger partial charge in [0.05, 0.1) is 5.75 Å². The molecular formula is C8H14ClNO4S. The fourth-order valence-electron chi connectivity index (χ4n) is 0.638. The predicted octanol–water partition coefficient (Wildman–Crippen LogP) is 0.264. The number of carbonyl (C=O) groups is 1. The summed E-state index contributed by atoms with van der Waals surface area (Å²) in [6.07, 6.45) is 0. The molecule has 1 N–H and O–H groups in total. The SMILES string of the molecule is C=C(C)C(=O)OCCNS(=O)(=O)CCCl. The van der Waals surface area contributed by atoms with Crippen LogP contribution in [0.15, 0.2) is 12.2 Å². The van der Waals surface area contributed by atoms with E-state index in [1.54, 1.807) is 0 Å². The summed E-state index contributed by atoms with van der Waals surface area (Å²) in [5.74, 6) is -0.657. The molecule has 0 saturated heterocycles. The topological polar surface area (TPSA) is 72.5 Å². The quantitative estimate of drug-likeness (QED) is 0.307. The van der Waals surface area contributed by atoms with E-state index in [9.17, 15) is 13.2 Å². The van der Waals surface area contributed by atoms with E-state index in [4.69, 9.17) is 11.6 Å². The standard InChI is InChI=1S/C8H14ClNO4S/c1-7(2)8(11)14-5-4-10-15(12,13)6-3-9/h10H,1,3-6H2,2H3. The first kappa shape index (κ1) is 14.4. The molecule has 7 heteroatoms. The lowest BCUT2D eigenvalue weighted by molar-refractivity contribution is -0.138. The summed E-state index contributed by atoms with van der Waals surface area (Å²) in [4.78, 5) is 10.9. The molecule has 0 aliphatic rings. The van der Waals surface area contributed by atoms with E-state index < -0.39 is 16.0 Å². The van der Waals surface area contributed by atoms with Gasteiger partial charge >= 0.3 is 5.97 Å². The average Bonchev–Trinajstić information content (AvgIpc) is 2.11. The van der Waals surface area contributed by atoms with Crippen molar-refractivity contribution in [3.8, 4) is 0 Å². The summed E-state index contributed by atoms with van der Waals surface area (Å²) in [7, 11) is -3.35. The van der Waals surface area contributed by atoms with Gasteiger partial charge in [0, 0.05) is 18.0 Å². The smallest absolute Gasteiger partial charge is 0.333 e. The lowest BCUT2D eigenvalue weighted by Crippen LogP contribution is -2.30. The van der Waals surface area contributed by atoms with Crippen LogP contribution in [0.2, 0.25) is 0 Å². The highest BCUT2D eigenvalue weighted by Crippen LogP contribution is 1.91. The number of ether oxygens (including phenoxy) is 1. The van der Waals surface area contributed by atoms with Crippen LogP contribution >= 0.6 is 11.6 Å². The molecule has 0 aliphatic carbocycles. The second-order valence-electron chi connectivity index (χ2n) is 2.82. The summed E-state index contributed by atoms with van der Waals surface area (Å²) in [5.41, 5.74) is 0.276. The van der Waals surface area contributed by atoms with Crippen LogP contribution < -0.4 is 4.72 Å². The molecule has 15 heavy (non-hydrogen) atoms. The molecule has 0 saturated carbocycles. The highest BCUT2D eigenvalue weighted by atomic mass is 35.5. The van der Waals surface area contributed by atoms with Gasteiger partial charge in [0.15, 0.2) is 0 Å². The van der Waals surface area contributed by atoms with Gasteiger partial charge in [-0.05, 0) is 6.92 Å². The van der Waals surface area contributed by atoms with Gasteiger partial charge in [-0.25, -0.2) is 17.9 Å². The van der Waals surface area contributed by atoms with E-state index in [0.717, 1.165) is 0 Å². The van der Waals surface area contributed by atoms with Gasteiger partial charge in [-0.15, -0.1) is 11.6 Å². The van der Waals surface area contributed by atoms with Gasteiger partial charge in [0.2, 0.25) is 10.0 Å². The molecule has 0 aliphatic heterocycles. The molecule has 0 unspecified atom stereocenters. The summed E-state index contributed by atoms with van der Waals surface area (Å²) in [5, 5.41) is 0. The Morgan fingerprint density at radius 3 is 2.60 bits per heavy atom. The number of hydrogen-bond acceptors (Lipinski definition) is 4. The summed E-state index contributed by atoms with van der Waals surface area (Å²) >= 11 is 5.27. The molecule has 0 atom stereocenters. The van der Waals surface area contributed by atoms with Gasteiger partial charge in [-0.3, -0.25) is 0 Å². The molecule has 0 fully saturated rings. The number of nitrogens with one attached hydrogen (secondary N) is 1. The Morgan fingerprint density at radius 2 is 2.13 bits per heavy atom. The van der Waals surface area contributed by atoms with Crippen LogP contribution in [0.5, 0.6) is 0 Å². The number of esters is 1. The maximum atomic E-state index is 11.1. The first-order chi connectivity index (χ1) is 6.89. The van der Waals surface area contributed by atoms with E-state index in [0.29, 0.717) is 0 Å². The summed E-state index contributed by atoms with van der Waals surface area (Å²) in [6, 6.07) is 0. The minimum absolute atomic E-state index is 0.0206. The van der Waals surface area contributed by atoms with E-state index in [1.807, 2.05) is 0 Å². The predicted molar refractivity (Wildman–Crippen MR) is 58.3 cm³/mol. The lowest BCUT2D eigenvalue weighted by atomic mass is 10.4. The molecular weight excluding hydrogens is 242 g/mol. The summed E-state index contributed by atoms with van der Waals surface area (Å²) in [6.45, 7) is 4.91. The molecule has 0 bridgehead atoms. The molecule has 0 aromatic carbocycles. The minimum Gasteiger partial charge on any atom is -0.461 e. The molecule has 5 nitrogen and oxygen atoms in total. The lowest BCUT2D eigenvalue weighted by Gasteiger charge is -2.06. The van der Waals surface area contributed by atoms with E-state index in [1.165, 1.54) is 6.92 Å². The Bertz CT molecular complexity index is 326. The third kappa shape index (κ3) is 7.35. The first-order valence-corrected chi connectivity index (χ1v) is 6.43. The molecule has 0 aromatic heterocycles. The van der Waals surface area contributed by atoms with E-state index in [2.05, 4.69) is 16.0 Å². The molecule has 0 heterocycles. The zero-order chi connectivity index (χ0) is 11.9. The Morgan fingerprint density at radius 1 is 1.53 bits per heavy atom. The number of sulfonamides is 1. The van der Waals surface area contributed by atoms with Gasteiger partial charge in [-0.1, -0.05) is 6.58 Å². The van der Waals surface area contributed by atoms with Gasteiger partial charge in [-0.2, -0.15) is 0 Å². The fourth-order valence-corrected chi connectivity index (χ4v) is 1.99. The zero-order valence-corrected chi connectivity index (χ0v) is 10.0. The van der Waals surface area contributed by atoms with Crippen molar-refractivity contribution >= 4 is 27.6 Å². The molecule has 88 valence electrons. The monoisotopic (exact) mass is 255 g/mol. The van der Waals surface area contributed by atoms with Crippen LogP contribution in [0.4, 0.5) is 0 Å². The van der Waals surface area contributed by atoms with Crippen LogP contribution in [0.3, 0.4) is 0 Å². The third-order valence-electron chi connectivity index (χ3n) is 1.35. The van der Waals surface area contributed by atoms with Crippen molar-refractivity contribution in [2.24, 2.45) is 0 Å². The van der Waals surface area contributed by atoms with Crippen molar-refractivity contribution in [3.05, 3.63) is 12.2 Å². The maximum Gasteiger partial charge on any atom is 0.333 e. The van der Waals surface area contributed by atoms with Crippen LogP contribution in [0.25, 0.3) is 0 Å². The highest BCUT2D eigenvalue weighted by Gasteiger charge is 2.08. The molecule has 0 spiro atoms. The Labute approximate surface area is 94.5 Å². The van der Waals surface area contributed by atoms with Crippen LogP contribution in [-0.2, 0) is 19.6 Å². The Kier molecular flexibility index (Phi) is 6.55. The van der Waals surface area contributed by atoms with E-state index >= 15 is 0 Å². The second-order valence-corrected chi connectivity index (χ2v) is 5.12. The van der Waals surface area contributed by atoms with Crippen LogP contribution in [0.1, 0.15) is 6.92 Å². The highest BCUT2D eigenvalue weighted by molar-refractivity contribution is 7.89. The van der Waals surface area contributed by atoms with E-state index in [-0.39, 0.29) is 30.4 Å². The van der Waals surface area contributed by atoms with Crippen LogP contribution in [-0.4, -0.2) is 39.2 Å². The normalized spacial score (nSPS) is 11.1. The first-order valence-electron chi connectivity index (χ1n) is 4.25. The van der Waals surface area contributed by atoms with Gasteiger partial charge < -0.3 is 4.74 Å². The van der Waals surface area contributed by atoms with Crippen molar-refractivity contribution < 1.29 is 17.9 Å². The maximum absolute atomic E-state index is 11.1. The van der Waals surface area contributed by atoms with Crippen molar-refractivity contribution in [1.82, 2.24) is 4.72 Å². The fraction of sp³-hybridized carbons (Fsp3) is 0.625. The molecule has 0 rings (SSSR count).